The second-order valence-corrected chi connectivity index (χ2v) is 1.09. The summed E-state index contributed by atoms with van der Waals surface area (Å²) in [4.78, 5) is 0. The molecule has 0 bridgehead atoms. The molecule has 0 aliphatic carbocycles. The van der Waals surface area contributed by atoms with Gasteiger partial charge in [0.15, 0.2) is 0 Å². The molecule has 3 heteroatoms. The van der Waals surface area contributed by atoms with Gasteiger partial charge in [0.05, 0.1) is 6.07 Å². The van der Waals surface area contributed by atoms with Crippen LogP contribution in [0.2, 0.25) is 0 Å². The second kappa shape index (κ2) is 7.67. The first kappa shape index (κ1) is 11.5. The Morgan fingerprint density at radius 3 is 2.50 bits per heavy atom. The van der Waals surface area contributed by atoms with Crippen molar-refractivity contribution < 1.29 is 56.5 Å². The van der Waals surface area contributed by atoms with E-state index in [-0.39, 0.29) is 57.1 Å². The molecule has 38 valence electrons. The van der Waals surface area contributed by atoms with Gasteiger partial charge in [0.1, 0.15) is 0 Å². The van der Waals surface area contributed by atoms with E-state index in [0.717, 1.165) is 6.08 Å². The quantitative estimate of drug-likeness (QED) is 0.221. The number of hydrogen-bond acceptors (Lipinski definition) is 2. The van der Waals surface area contributed by atoms with Crippen LogP contribution in [0.3, 0.4) is 0 Å². The Labute approximate surface area is 91.6 Å². The first-order valence-electron chi connectivity index (χ1n) is 2.07. The van der Waals surface area contributed by atoms with Gasteiger partial charge < -0.3 is 5.11 Å². The Kier molecular flexibility index (Phi) is 11.0. The summed E-state index contributed by atoms with van der Waals surface area (Å²) < 4.78 is 0. The van der Waals surface area contributed by atoms with E-state index in [1.807, 2.05) is 0 Å². The van der Waals surface area contributed by atoms with Crippen LogP contribution in [0, 0.1) is 11.3 Å². The van der Waals surface area contributed by atoms with Crippen LogP contribution in [-0.2, 0) is 0 Å². The van der Waals surface area contributed by atoms with Crippen LogP contribution in [0.25, 0.3) is 0 Å². The zero-order valence-corrected chi connectivity index (χ0v) is 8.26. The monoisotopic (exact) mass is 135 g/mol. The summed E-state index contributed by atoms with van der Waals surface area (Å²) in [5, 5.41) is 18.0. The number of hydrogen-bond donors (Lipinski definition) is 0. The third-order valence-electron chi connectivity index (χ3n) is 0.574. The fraction of sp³-hybridized carbons (Fsp3) is 0.400. The van der Waals surface area contributed by atoms with E-state index in [2.05, 4.69) is 0 Å². The van der Waals surface area contributed by atoms with Crippen molar-refractivity contribution in [1.82, 2.24) is 0 Å². The van der Waals surface area contributed by atoms with Gasteiger partial charge in [-0.3, -0.25) is 0 Å². The molecule has 0 aromatic carbocycles. The van der Waals surface area contributed by atoms with Crippen molar-refractivity contribution in [2.45, 2.75) is 13.3 Å². The fourth-order valence-electron chi connectivity index (χ4n) is 0.174. The van der Waals surface area contributed by atoms with Crippen molar-refractivity contribution in [1.29, 1.82) is 5.26 Å². The van der Waals surface area contributed by atoms with Crippen molar-refractivity contribution in [2.75, 3.05) is 0 Å². The van der Waals surface area contributed by atoms with Gasteiger partial charge in [0.2, 0.25) is 0 Å². The van der Waals surface area contributed by atoms with Gasteiger partial charge in [-0.2, -0.15) is 5.26 Å². The molecule has 0 aliphatic heterocycles. The predicted octanol–water partition coefficient (Wildman–Crippen LogP) is -2.83. The van der Waals surface area contributed by atoms with Gasteiger partial charge in [0, 0.05) is 6.08 Å². The molecular formula is C5H6KNO. The van der Waals surface area contributed by atoms with Crippen LogP contribution in [0.4, 0.5) is 0 Å². The summed E-state index contributed by atoms with van der Waals surface area (Å²) in [6.07, 6.45) is 1.44. The predicted molar refractivity (Wildman–Crippen MR) is 24.0 cm³/mol. The van der Waals surface area contributed by atoms with Crippen molar-refractivity contribution in [3.63, 3.8) is 0 Å². The van der Waals surface area contributed by atoms with Crippen LogP contribution in [-0.4, -0.2) is 0 Å². The van der Waals surface area contributed by atoms with Crippen LogP contribution in [0.1, 0.15) is 13.3 Å². The number of nitriles is 1. The second-order valence-electron chi connectivity index (χ2n) is 1.09. The molecule has 0 atom stereocenters. The molecule has 0 rings (SSSR count). The summed E-state index contributed by atoms with van der Waals surface area (Å²) in [6, 6.07) is 1.64. The summed E-state index contributed by atoms with van der Waals surface area (Å²) in [6.45, 7) is 1.72. The Morgan fingerprint density at radius 2 is 2.38 bits per heavy atom. The van der Waals surface area contributed by atoms with E-state index < -0.39 is 0 Å². The Hall–Kier alpha value is 0.666. The zero-order chi connectivity index (χ0) is 5.70. The van der Waals surface area contributed by atoms with E-state index >= 15 is 0 Å². The number of allylic oxidation sites excluding steroid dienone is 2. The minimum absolute atomic E-state index is 0. The molecular weight excluding hydrogens is 129 g/mol. The van der Waals surface area contributed by atoms with Crippen LogP contribution in [0.5, 0.6) is 0 Å². The van der Waals surface area contributed by atoms with E-state index in [1.165, 1.54) is 0 Å². The van der Waals surface area contributed by atoms with Gasteiger partial charge in [-0.25, -0.2) is 0 Å². The van der Waals surface area contributed by atoms with Gasteiger partial charge in [-0.15, -0.1) is 5.76 Å². The van der Waals surface area contributed by atoms with Gasteiger partial charge in [-0.1, -0.05) is 6.92 Å². The first-order chi connectivity index (χ1) is 3.31. The molecule has 0 saturated carbocycles. The van der Waals surface area contributed by atoms with E-state index in [0.29, 0.717) is 6.42 Å². The Balaban J connectivity index is 0. The van der Waals surface area contributed by atoms with E-state index in [9.17, 15) is 5.11 Å². The molecule has 0 unspecified atom stereocenters. The van der Waals surface area contributed by atoms with Crippen molar-refractivity contribution in [3.8, 4) is 6.07 Å². The normalized spacial score (nSPS) is 9.25. The molecule has 0 radical (unpaired) electrons. The average molecular weight is 135 g/mol. The molecule has 0 aromatic heterocycles. The molecule has 0 heterocycles. The van der Waals surface area contributed by atoms with Crippen LogP contribution < -0.4 is 56.5 Å². The molecule has 0 aliphatic rings. The molecule has 0 amide bonds. The molecule has 0 saturated heterocycles. The van der Waals surface area contributed by atoms with Crippen molar-refractivity contribution >= 4 is 0 Å². The van der Waals surface area contributed by atoms with Crippen molar-refractivity contribution in [2.24, 2.45) is 0 Å². The molecule has 0 fully saturated rings. The minimum atomic E-state index is -0.109. The number of nitrogens with zero attached hydrogens (tertiary/aromatic N) is 1. The van der Waals surface area contributed by atoms with Crippen molar-refractivity contribution in [3.05, 3.63) is 11.8 Å². The molecule has 8 heavy (non-hydrogen) atoms. The zero-order valence-electron chi connectivity index (χ0n) is 5.14. The van der Waals surface area contributed by atoms with Crippen LogP contribution in [0.15, 0.2) is 11.8 Å². The maximum absolute atomic E-state index is 10.1. The maximum atomic E-state index is 10.1. The summed E-state index contributed by atoms with van der Waals surface area (Å²) in [5.74, 6) is -0.109. The SMILES string of the molecule is CC/C([O-])=C\C#N.[K+]. The number of rotatable bonds is 1. The average Bonchev–Trinajstić information content (AvgIpc) is 1.68. The van der Waals surface area contributed by atoms with Gasteiger partial charge in [0.25, 0.3) is 0 Å². The van der Waals surface area contributed by atoms with Crippen LogP contribution >= 0.6 is 0 Å². The third-order valence-corrected chi connectivity index (χ3v) is 0.574. The van der Waals surface area contributed by atoms with Gasteiger partial charge >= 0.3 is 51.4 Å². The molecule has 0 N–H and O–H groups in total. The third kappa shape index (κ3) is 6.67. The first-order valence-corrected chi connectivity index (χ1v) is 2.07. The summed E-state index contributed by atoms with van der Waals surface area (Å²) >= 11 is 0. The molecule has 2 nitrogen and oxygen atoms in total. The molecule has 0 aromatic rings. The topological polar surface area (TPSA) is 46.8 Å². The van der Waals surface area contributed by atoms with E-state index in [4.69, 9.17) is 5.26 Å². The Morgan fingerprint density at radius 1 is 1.88 bits per heavy atom. The van der Waals surface area contributed by atoms with E-state index in [1.54, 1.807) is 13.0 Å². The largest absolute Gasteiger partial charge is 1.00 e. The Bertz CT molecular complexity index is 114. The standard InChI is InChI=1S/C5H7NO.K/c1-2-5(7)3-4-6;/h3,7H,2H2,1H3;/q;+1/p-1/b5-3+;. The van der Waals surface area contributed by atoms with Gasteiger partial charge in [-0.05, 0) is 6.42 Å². The summed E-state index contributed by atoms with van der Waals surface area (Å²) in [7, 11) is 0. The smallest absolute Gasteiger partial charge is 0.875 e. The molecule has 0 spiro atoms. The summed E-state index contributed by atoms with van der Waals surface area (Å²) in [5.41, 5.74) is 0. The minimum Gasteiger partial charge on any atom is -0.875 e. The maximum Gasteiger partial charge on any atom is 1.00 e. The fourth-order valence-corrected chi connectivity index (χ4v) is 0.174.